The molecule has 2 N–H and O–H groups in total. The van der Waals surface area contributed by atoms with Crippen LogP contribution in [0.4, 0.5) is 0 Å². The minimum absolute atomic E-state index is 0.117. The lowest BCUT2D eigenvalue weighted by Gasteiger charge is -2.37. The van der Waals surface area contributed by atoms with Crippen LogP contribution in [0.2, 0.25) is 0 Å². The number of fused-ring (bicyclic) bond motifs is 3. The van der Waals surface area contributed by atoms with E-state index < -0.39 is 11.6 Å². The number of aromatic nitrogens is 1. The molecule has 0 radical (unpaired) electrons. The minimum Gasteiger partial charge on any atom is -0.481 e. The van der Waals surface area contributed by atoms with Crippen molar-refractivity contribution in [2.75, 3.05) is 6.61 Å². The summed E-state index contributed by atoms with van der Waals surface area (Å²) in [6.07, 6.45) is 0.639. The Hall–Kier alpha value is -2.11. The summed E-state index contributed by atoms with van der Waals surface area (Å²) in [5, 5.41) is 10.7. The van der Waals surface area contributed by atoms with Gasteiger partial charge in [0.2, 0.25) is 0 Å². The van der Waals surface area contributed by atoms with Crippen molar-refractivity contribution in [2.45, 2.75) is 18.4 Å². The van der Waals surface area contributed by atoms with Crippen LogP contribution in [0.25, 0.3) is 10.9 Å². The van der Waals surface area contributed by atoms with Crippen molar-refractivity contribution in [3.8, 4) is 0 Å². The first-order chi connectivity index (χ1) is 11.6. The molecule has 0 amide bonds. The Balaban J connectivity index is 2.03. The van der Waals surface area contributed by atoms with E-state index in [1.807, 2.05) is 48.5 Å². The van der Waals surface area contributed by atoms with Gasteiger partial charge in [-0.05, 0) is 29.7 Å². The van der Waals surface area contributed by atoms with Gasteiger partial charge < -0.3 is 14.8 Å². The molecular formula is C19H16BrNO3. The molecule has 0 bridgehead atoms. The second kappa shape index (κ2) is 5.76. The van der Waals surface area contributed by atoms with Crippen LogP contribution in [0.3, 0.4) is 0 Å². The Labute approximate surface area is 147 Å². The molecular weight excluding hydrogens is 370 g/mol. The van der Waals surface area contributed by atoms with Crippen LogP contribution in [0.15, 0.2) is 53.0 Å². The lowest BCUT2D eigenvalue weighted by atomic mass is 9.82. The lowest BCUT2D eigenvalue weighted by molar-refractivity contribution is -0.144. The van der Waals surface area contributed by atoms with E-state index >= 15 is 0 Å². The van der Waals surface area contributed by atoms with Gasteiger partial charge in [-0.3, -0.25) is 4.79 Å². The SMILES string of the molecule is O=C(O)CC1(c2ccccc2)OCCc2c1[nH]c1cccc(Br)c21. The van der Waals surface area contributed by atoms with E-state index in [9.17, 15) is 9.90 Å². The number of nitrogens with one attached hydrogen (secondary N) is 1. The van der Waals surface area contributed by atoms with E-state index in [0.29, 0.717) is 6.61 Å². The van der Waals surface area contributed by atoms with Crippen molar-refractivity contribution >= 4 is 32.8 Å². The maximum Gasteiger partial charge on any atom is 0.307 e. The second-order valence-electron chi connectivity index (χ2n) is 6.00. The molecule has 3 aromatic rings. The molecule has 1 aliphatic rings. The molecule has 2 aromatic carbocycles. The summed E-state index contributed by atoms with van der Waals surface area (Å²) in [6, 6.07) is 15.6. The number of H-pyrrole nitrogens is 1. The molecule has 0 fully saturated rings. The number of rotatable bonds is 3. The number of carbonyl (C=O) groups is 1. The van der Waals surface area contributed by atoms with Crippen LogP contribution < -0.4 is 0 Å². The normalized spacial score (nSPS) is 20.0. The highest BCUT2D eigenvalue weighted by Crippen LogP contribution is 2.45. The summed E-state index contributed by atoms with van der Waals surface area (Å²) < 4.78 is 7.14. The highest BCUT2D eigenvalue weighted by Gasteiger charge is 2.44. The van der Waals surface area contributed by atoms with Gasteiger partial charge in [0.1, 0.15) is 5.60 Å². The molecule has 1 aromatic heterocycles. The zero-order valence-corrected chi connectivity index (χ0v) is 14.5. The fourth-order valence-electron chi connectivity index (χ4n) is 3.65. The minimum atomic E-state index is -0.987. The van der Waals surface area contributed by atoms with E-state index in [1.54, 1.807) is 0 Å². The maximum atomic E-state index is 11.6. The molecule has 0 saturated carbocycles. The van der Waals surface area contributed by atoms with E-state index in [2.05, 4.69) is 20.9 Å². The predicted octanol–water partition coefficient (Wildman–Crippen LogP) is 4.22. The van der Waals surface area contributed by atoms with Crippen LogP contribution in [0, 0.1) is 0 Å². The summed E-state index contributed by atoms with van der Waals surface area (Å²) in [4.78, 5) is 15.1. The van der Waals surface area contributed by atoms with E-state index in [4.69, 9.17) is 4.74 Å². The molecule has 1 atom stereocenters. The van der Waals surface area contributed by atoms with Gasteiger partial charge >= 0.3 is 5.97 Å². The van der Waals surface area contributed by atoms with Crippen molar-refractivity contribution in [2.24, 2.45) is 0 Å². The molecule has 0 saturated heterocycles. The number of ether oxygens (including phenoxy) is 1. The number of carboxylic acid groups (broad SMARTS) is 1. The van der Waals surface area contributed by atoms with Gasteiger partial charge in [-0.1, -0.05) is 52.3 Å². The third-order valence-electron chi connectivity index (χ3n) is 4.62. The first-order valence-corrected chi connectivity index (χ1v) is 8.62. The standard InChI is InChI=1S/C19H16BrNO3/c20-14-7-4-8-15-17(14)13-9-10-24-19(11-16(22)23,18(13)21-15)12-5-2-1-3-6-12/h1-8,21H,9-11H2,(H,22,23). The first-order valence-electron chi connectivity index (χ1n) is 7.82. The lowest BCUT2D eigenvalue weighted by Crippen LogP contribution is -2.39. The van der Waals surface area contributed by atoms with Gasteiger partial charge in [0.05, 0.1) is 18.7 Å². The molecule has 0 spiro atoms. The van der Waals surface area contributed by atoms with Crippen LogP contribution >= 0.6 is 15.9 Å². The molecule has 5 heteroatoms. The van der Waals surface area contributed by atoms with Crippen molar-refractivity contribution < 1.29 is 14.6 Å². The molecule has 1 unspecified atom stereocenters. The summed E-state index contributed by atoms with van der Waals surface area (Å²) in [6.45, 7) is 0.490. The summed E-state index contributed by atoms with van der Waals surface area (Å²) in [5.41, 5.74) is 2.85. The van der Waals surface area contributed by atoms with Crippen molar-refractivity contribution in [1.82, 2.24) is 4.98 Å². The predicted molar refractivity (Wildman–Crippen MR) is 95.1 cm³/mol. The number of aliphatic carboxylic acids is 1. The van der Waals surface area contributed by atoms with Crippen molar-refractivity contribution in [1.29, 1.82) is 0 Å². The van der Waals surface area contributed by atoms with Gasteiger partial charge in [0.25, 0.3) is 0 Å². The number of carboxylic acids is 1. The van der Waals surface area contributed by atoms with Gasteiger partial charge in [-0.15, -0.1) is 0 Å². The van der Waals surface area contributed by atoms with Gasteiger partial charge in [-0.2, -0.15) is 0 Å². The molecule has 24 heavy (non-hydrogen) atoms. The Morgan fingerprint density at radius 2 is 2.00 bits per heavy atom. The Morgan fingerprint density at radius 1 is 1.21 bits per heavy atom. The molecule has 4 rings (SSSR count). The van der Waals surface area contributed by atoms with E-state index in [-0.39, 0.29) is 6.42 Å². The molecule has 2 heterocycles. The number of benzene rings is 2. The third kappa shape index (κ3) is 2.27. The van der Waals surface area contributed by atoms with Crippen LogP contribution in [-0.2, 0) is 21.6 Å². The topological polar surface area (TPSA) is 62.3 Å². The summed E-state index contributed by atoms with van der Waals surface area (Å²) in [5.74, 6) is -0.885. The largest absolute Gasteiger partial charge is 0.481 e. The summed E-state index contributed by atoms with van der Waals surface area (Å²) >= 11 is 3.62. The zero-order chi connectivity index (χ0) is 16.7. The molecule has 0 aliphatic carbocycles. The second-order valence-corrected chi connectivity index (χ2v) is 6.86. The number of hydrogen-bond donors (Lipinski definition) is 2. The van der Waals surface area contributed by atoms with Crippen molar-refractivity contribution in [3.05, 3.63) is 69.8 Å². The van der Waals surface area contributed by atoms with E-state index in [0.717, 1.165) is 38.6 Å². The van der Waals surface area contributed by atoms with Gasteiger partial charge in [0, 0.05) is 15.4 Å². The van der Waals surface area contributed by atoms with Crippen LogP contribution in [-0.4, -0.2) is 22.7 Å². The molecule has 4 nitrogen and oxygen atoms in total. The monoisotopic (exact) mass is 385 g/mol. The van der Waals surface area contributed by atoms with Gasteiger partial charge in [0.15, 0.2) is 0 Å². The molecule has 122 valence electrons. The number of halogens is 1. The highest BCUT2D eigenvalue weighted by molar-refractivity contribution is 9.10. The Bertz CT molecular complexity index is 919. The number of hydrogen-bond acceptors (Lipinski definition) is 2. The Morgan fingerprint density at radius 3 is 2.75 bits per heavy atom. The van der Waals surface area contributed by atoms with Crippen LogP contribution in [0.1, 0.15) is 23.2 Å². The van der Waals surface area contributed by atoms with Crippen molar-refractivity contribution in [3.63, 3.8) is 0 Å². The fraction of sp³-hybridized carbons (Fsp3) is 0.211. The third-order valence-corrected chi connectivity index (χ3v) is 5.28. The van der Waals surface area contributed by atoms with E-state index in [1.165, 1.54) is 0 Å². The quantitative estimate of drug-likeness (QED) is 0.709. The first kappa shape index (κ1) is 15.4. The fourth-order valence-corrected chi connectivity index (χ4v) is 4.26. The smallest absolute Gasteiger partial charge is 0.307 e. The summed E-state index contributed by atoms with van der Waals surface area (Å²) in [7, 11) is 0. The molecule has 1 aliphatic heterocycles. The van der Waals surface area contributed by atoms with Gasteiger partial charge in [-0.25, -0.2) is 0 Å². The Kier molecular flexibility index (Phi) is 3.70. The maximum absolute atomic E-state index is 11.6. The van der Waals surface area contributed by atoms with Crippen LogP contribution in [0.5, 0.6) is 0 Å². The average molecular weight is 386 g/mol. The number of aromatic amines is 1. The zero-order valence-electron chi connectivity index (χ0n) is 12.9. The highest BCUT2D eigenvalue weighted by atomic mass is 79.9. The average Bonchev–Trinajstić information content (AvgIpc) is 2.96.